The summed E-state index contributed by atoms with van der Waals surface area (Å²) in [6.07, 6.45) is 4.25. The van der Waals surface area contributed by atoms with Crippen LogP contribution >= 0.6 is 0 Å². The van der Waals surface area contributed by atoms with Crippen molar-refractivity contribution in [2.75, 3.05) is 6.54 Å². The van der Waals surface area contributed by atoms with Crippen LogP contribution in [0.25, 0.3) is 5.69 Å². The molecule has 3 rings (SSSR count). The lowest BCUT2D eigenvalue weighted by atomic mass is 10.1. The van der Waals surface area contributed by atoms with Crippen molar-refractivity contribution in [2.45, 2.75) is 19.9 Å². The molecule has 0 unspecified atom stereocenters. The molecule has 0 spiro atoms. The normalized spacial score (nSPS) is 11.5. The molecule has 0 saturated heterocycles. The molecule has 6 heteroatoms. The van der Waals surface area contributed by atoms with Gasteiger partial charge in [0.2, 0.25) is 0 Å². The standard InChI is InChI=1S/C20H22FN5/c1-15-23-11-12-26(15)19-8-7-17(13-18(19)21)14-25-20(22)24-10-9-16-5-3-2-4-6-16/h2-8,11-13H,9-10,14H2,1H3,(H3,22,24,25). The molecular weight excluding hydrogens is 329 g/mol. The average molecular weight is 351 g/mol. The van der Waals surface area contributed by atoms with Crippen LogP contribution in [0.2, 0.25) is 0 Å². The second-order valence-electron chi connectivity index (χ2n) is 5.99. The number of guanidine groups is 1. The van der Waals surface area contributed by atoms with Crippen LogP contribution in [0.3, 0.4) is 0 Å². The number of nitrogens with two attached hydrogens (primary N) is 1. The van der Waals surface area contributed by atoms with E-state index in [0.29, 0.717) is 24.7 Å². The molecule has 3 N–H and O–H groups in total. The van der Waals surface area contributed by atoms with Crippen molar-refractivity contribution in [3.63, 3.8) is 0 Å². The van der Waals surface area contributed by atoms with Crippen molar-refractivity contribution < 1.29 is 4.39 Å². The highest BCUT2D eigenvalue weighted by molar-refractivity contribution is 5.77. The average Bonchev–Trinajstić information content (AvgIpc) is 3.07. The van der Waals surface area contributed by atoms with Gasteiger partial charge in [0.05, 0.1) is 12.2 Å². The molecular formula is C20H22FN5. The van der Waals surface area contributed by atoms with E-state index < -0.39 is 0 Å². The molecule has 0 aliphatic heterocycles. The minimum atomic E-state index is -0.311. The summed E-state index contributed by atoms with van der Waals surface area (Å²) in [6, 6.07) is 15.2. The second-order valence-corrected chi connectivity index (χ2v) is 5.99. The van der Waals surface area contributed by atoms with Crippen molar-refractivity contribution in [3.8, 4) is 5.69 Å². The number of nitrogens with zero attached hydrogens (tertiary/aromatic N) is 3. The van der Waals surface area contributed by atoms with E-state index in [1.165, 1.54) is 11.6 Å². The summed E-state index contributed by atoms with van der Waals surface area (Å²) >= 11 is 0. The van der Waals surface area contributed by atoms with Gasteiger partial charge >= 0.3 is 0 Å². The first-order valence-corrected chi connectivity index (χ1v) is 8.50. The first-order chi connectivity index (χ1) is 12.6. The molecule has 26 heavy (non-hydrogen) atoms. The number of imidazole rings is 1. The Morgan fingerprint density at radius 1 is 1.19 bits per heavy atom. The van der Waals surface area contributed by atoms with E-state index in [1.54, 1.807) is 23.0 Å². The third kappa shape index (κ3) is 4.47. The number of aryl methyl sites for hydroxylation is 1. The minimum Gasteiger partial charge on any atom is -0.370 e. The zero-order chi connectivity index (χ0) is 18.4. The molecule has 0 amide bonds. The first kappa shape index (κ1) is 17.7. The Hall–Kier alpha value is -3.15. The van der Waals surface area contributed by atoms with E-state index in [9.17, 15) is 4.39 Å². The topological polar surface area (TPSA) is 68.2 Å². The largest absolute Gasteiger partial charge is 0.370 e. The lowest BCUT2D eigenvalue weighted by Crippen LogP contribution is -2.33. The monoisotopic (exact) mass is 351 g/mol. The van der Waals surface area contributed by atoms with Gasteiger partial charge in [-0.3, -0.25) is 0 Å². The number of hydrogen-bond acceptors (Lipinski definition) is 2. The number of hydrogen-bond donors (Lipinski definition) is 2. The maximum absolute atomic E-state index is 14.4. The lowest BCUT2D eigenvalue weighted by Gasteiger charge is -2.08. The summed E-state index contributed by atoms with van der Waals surface area (Å²) in [5.74, 6) is 0.784. The van der Waals surface area contributed by atoms with Crippen LogP contribution in [0.15, 0.2) is 65.9 Å². The van der Waals surface area contributed by atoms with E-state index in [4.69, 9.17) is 5.73 Å². The highest BCUT2D eigenvalue weighted by Crippen LogP contribution is 2.17. The molecule has 134 valence electrons. The third-order valence-corrected chi connectivity index (χ3v) is 4.09. The zero-order valence-electron chi connectivity index (χ0n) is 14.7. The van der Waals surface area contributed by atoms with Gasteiger partial charge in [-0.1, -0.05) is 36.4 Å². The summed E-state index contributed by atoms with van der Waals surface area (Å²) in [5, 5.41) is 3.08. The van der Waals surface area contributed by atoms with Gasteiger partial charge in [-0.15, -0.1) is 0 Å². The Morgan fingerprint density at radius 3 is 2.69 bits per heavy atom. The van der Waals surface area contributed by atoms with E-state index in [0.717, 1.165) is 17.8 Å². The van der Waals surface area contributed by atoms with Gasteiger partial charge in [-0.25, -0.2) is 14.4 Å². The van der Waals surface area contributed by atoms with Crippen LogP contribution in [0, 0.1) is 12.7 Å². The van der Waals surface area contributed by atoms with Crippen LogP contribution in [0.1, 0.15) is 17.0 Å². The number of aliphatic imine (C=N–C) groups is 1. The summed E-state index contributed by atoms with van der Waals surface area (Å²) in [5.41, 5.74) is 8.35. The SMILES string of the molecule is Cc1nccn1-c1ccc(CN=C(N)NCCc2ccccc2)cc1F. The van der Waals surface area contributed by atoms with Crippen molar-refractivity contribution in [1.29, 1.82) is 0 Å². The summed E-state index contributed by atoms with van der Waals surface area (Å²) < 4.78 is 16.1. The molecule has 0 bridgehead atoms. The Bertz CT molecular complexity index is 886. The van der Waals surface area contributed by atoms with Gasteiger partial charge in [-0.2, -0.15) is 0 Å². The van der Waals surface area contributed by atoms with Crippen molar-refractivity contribution in [1.82, 2.24) is 14.9 Å². The smallest absolute Gasteiger partial charge is 0.188 e. The van der Waals surface area contributed by atoms with Crippen LogP contribution in [-0.2, 0) is 13.0 Å². The van der Waals surface area contributed by atoms with Gasteiger partial charge in [-0.05, 0) is 36.6 Å². The Balaban J connectivity index is 1.56. The molecule has 0 atom stereocenters. The second kappa shape index (κ2) is 8.29. The fourth-order valence-electron chi connectivity index (χ4n) is 2.69. The van der Waals surface area contributed by atoms with E-state index in [-0.39, 0.29) is 5.82 Å². The third-order valence-electron chi connectivity index (χ3n) is 4.09. The molecule has 0 radical (unpaired) electrons. The minimum absolute atomic E-state index is 0.311. The van der Waals surface area contributed by atoms with Gasteiger partial charge in [0.1, 0.15) is 11.6 Å². The Labute approximate surface area is 152 Å². The first-order valence-electron chi connectivity index (χ1n) is 8.50. The van der Waals surface area contributed by atoms with Crippen LogP contribution in [-0.4, -0.2) is 22.1 Å². The van der Waals surface area contributed by atoms with Crippen LogP contribution < -0.4 is 11.1 Å². The maximum atomic E-state index is 14.4. The fourth-order valence-corrected chi connectivity index (χ4v) is 2.69. The summed E-state index contributed by atoms with van der Waals surface area (Å²) in [6.45, 7) is 2.86. The Morgan fingerprint density at radius 2 is 2.00 bits per heavy atom. The molecule has 0 saturated carbocycles. The van der Waals surface area contributed by atoms with Gasteiger partial charge in [0.15, 0.2) is 5.96 Å². The lowest BCUT2D eigenvalue weighted by molar-refractivity contribution is 0.614. The summed E-state index contributed by atoms with van der Waals surface area (Å²) in [7, 11) is 0. The van der Waals surface area contributed by atoms with Gasteiger partial charge in [0.25, 0.3) is 0 Å². The summed E-state index contributed by atoms with van der Waals surface area (Å²) in [4.78, 5) is 8.39. The zero-order valence-corrected chi connectivity index (χ0v) is 14.7. The molecule has 0 aliphatic carbocycles. The van der Waals surface area contributed by atoms with Crippen molar-refractivity contribution >= 4 is 5.96 Å². The molecule has 2 aromatic carbocycles. The Kier molecular flexibility index (Phi) is 5.63. The van der Waals surface area contributed by atoms with Gasteiger partial charge in [0, 0.05) is 18.9 Å². The quantitative estimate of drug-likeness (QED) is 0.530. The molecule has 5 nitrogen and oxygen atoms in total. The number of halogens is 1. The fraction of sp³-hybridized carbons (Fsp3) is 0.200. The van der Waals surface area contributed by atoms with Crippen molar-refractivity contribution in [2.24, 2.45) is 10.7 Å². The number of nitrogens with one attached hydrogen (secondary N) is 1. The number of aromatic nitrogens is 2. The highest BCUT2D eigenvalue weighted by Gasteiger charge is 2.07. The highest BCUT2D eigenvalue weighted by atomic mass is 19.1. The predicted octanol–water partition coefficient (Wildman–Crippen LogP) is 2.97. The molecule has 3 aromatic rings. The number of rotatable bonds is 6. The van der Waals surface area contributed by atoms with E-state index in [1.807, 2.05) is 31.2 Å². The van der Waals surface area contributed by atoms with Crippen LogP contribution in [0.5, 0.6) is 0 Å². The van der Waals surface area contributed by atoms with Crippen LogP contribution in [0.4, 0.5) is 4.39 Å². The predicted molar refractivity (Wildman–Crippen MR) is 102 cm³/mol. The molecule has 0 fully saturated rings. The molecule has 1 aromatic heterocycles. The van der Waals surface area contributed by atoms with E-state index >= 15 is 0 Å². The van der Waals surface area contributed by atoms with Gasteiger partial charge < -0.3 is 15.6 Å². The molecule has 1 heterocycles. The molecule has 0 aliphatic rings. The van der Waals surface area contributed by atoms with E-state index in [2.05, 4.69) is 27.4 Å². The van der Waals surface area contributed by atoms with Crippen molar-refractivity contribution in [3.05, 3.63) is 83.7 Å². The number of benzene rings is 2. The maximum Gasteiger partial charge on any atom is 0.188 e.